The second-order valence-corrected chi connectivity index (χ2v) is 13.6. The zero-order valence-corrected chi connectivity index (χ0v) is 25.8. The lowest BCUT2D eigenvalue weighted by Gasteiger charge is -2.16. The van der Waals surface area contributed by atoms with Crippen LogP contribution in [-0.4, -0.2) is 41.0 Å². The Morgan fingerprint density at radius 1 is 1.02 bits per heavy atom. The molecule has 2 heterocycles. The Kier molecular flexibility index (Phi) is 9.77. The summed E-state index contributed by atoms with van der Waals surface area (Å²) in [6.07, 6.45) is -2.69. The number of carbonyl (C=O) groups is 1. The van der Waals surface area contributed by atoms with Crippen LogP contribution >= 0.6 is 11.3 Å². The maximum Gasteiger partial charge on any atom is 0.417 e. The molecule has 2 aromatic carbocycles. The first-order chi connectivity index (χ1) is 21.0. The Morgan fingerprint density at radius 3 is 2.42 bits per heavy atom. The lowest BCUT2D eigenvalue weighted by atomic mass is 9.98. The van der Waals surface area contributed by atoms with E-state index in [0.29, 0.717) is 47.1 Å². The van der Waals surface area contributed by atoms with Crippen LogP contribution in [0.1, 0.15) is 50.6 Å². The van der Waals surface area contributed by atoms with Gasteiger partial charge < -0.3 is 10.4 Å². The first-order valence-corrected chi connectivity index (χ1v) is 15.8. The number of halogens is 5. The van der Waals surface area contributed by atoms with Gasteiger partial charge >= 0.3 is 12.1 Å². The van der Waals surface area contributed by atoms with Gasteiger partial charge in [0.25, 0.3) is 10.0 Å². The first kappa shape index (κ1) is 33.7. The number of aromatic nitrogens is 3. The third kappa shape index (κ3) is 8.11. The zero-order chi connectivity index (χ0) is 33.2. The molecule has 0 atom stereocenters. The summed E-state index contributed by atoms with van der Waals surface area (Å²) >= 11 is 1.23. The Labute approximate surface area is 259 Å². The highest BCUT2D eigenvalue weighted by atomic mass is 32.2. The minimum Gasteiger partial charge on any atom is -0.481 e. The number of anilines is 2. The van der Waals surface area contributed by atoms with E-state index in [4.69, 9.17) is 5.11 Å². The summed E-state index contributed by atoms with van der Waals surface area (Å²) < 4.78 is 98.2. The monoisotopic (exact) mass is 669 g/mol. The van der Waals surface area contributed by atoms with E-state index in [1.807, 2.05) is 25.5 Å². The van der Waals surface area contributed by atoms with Crippen molar-refractivity contribution in [2.75, 3.05) is 16.6 Å². The number of rotatable bonds is 11. The molecule has 0 aliphatic carbocycles. The molecule has 4 rings (SSSR count). The number of nitrogens with zero attached hydrogens (tertiary/aromatic N) is 3. The molecule has 2 aromatic heterocycles. The van der Waals surface area contributed by atoms with Crippen LogP contribution in [0.25, 0.3) is 21.8 Å². The maximum atomic E-state index is 16.0. The third-order valence-corrected chi connectivity index (χ3v) is 9.22. The van der Waals surface area contributed by atoms with Gasteiger partial charge in [-0.3, -0.25) is 9.52 Å². The molecule has 0 saturated heterocycles. The molecule has 4 aromatic rings. The van der Waals surface area contributed by atoms with Gasteiger partial charge in [0.1, 0.15) is 5.82 Å². The Morgan fingerprint density at radius 2 is 1.76 bits per heavy atom. The highest BCUT2D eigenvalue weighted by Crippen LogP contribution is 2.42. The molecule has 0 spiro atoms. The number of hydrogen-bond acceptors (Lipinski definition) is 8. The van der Waals surface area contributed by atoms with Crippen molar-refractivity contribution in [2.24, 2.45) is 0 Å². The van der Waals surface area contributed by atoms with Gasteiger partial charge in [-0.15, -0.1) is 11.3 Å². The van der Waals surface area contributed by atoms with Crippen molar-refractivity contribution in [1.82, 2.24) is 15.0 Å². The van der Waals surface area contributed by atoms with Crippen molar-refractivity contribution in [2.45, 2.75) is 56.5 Å². The van der Waals surface area contributed by atoms with Crippen molar-refractivity contribution in [3.05, 3.63) is 70.9 Å². The number of thiazole rings is 1. The predicted octanol–water partition coefficient (Wildman–Crippen LogP) is 7.33. The minimum absolute atomic E-state index is 0.0244. The Bertz CT molecular complexity index is 1820. The van der Waals surface area contributed by atoms with Crippen LogP contribution < -0.4 is 10.0 Å². The fraction of sp³-hybridized carbons (Fsp3) is 0.310. The van der Waals surface area contributed by atoms with Crippen molar-refractivity contribution in [1.29, 1.82) is 0 Å². The van der Waals surface area contributed by atoms with E-state index >= 15 is 4.39 Å². The van der Waals surface area contributed by atoms with Crippen LogP contribution in [0.3, 0.4) is 0 Å². The molecule has 45 heavy (non-hydrogen) atoms. The van der Waals surface area contributed by atoms with Crippen LogP contribution in [0.5, 0.6) is 0 Å². The van der Waals surface area contributed by atoms with E-state index in [0.717, 1.165) is 6.07 Å². The fourth-order valence-corrected chi connectivity index (χ4v) is 6.50. The number of unbranched alkanes of at least 4 members (excludes halogenated alkanes) is 1. The quantitative estimate of drug-likeness (QED) is 0.112. The summed E-state index contributed by atoms with van der Waals surface area (Å²) in [7, 11) is -5.03. The largest absolute Gasteiger partial charge is 0.481 e. The van der Waals surface area contributed by atoms with E-state index in [-0.39, 0.29) is 29.7 Å². The molecule has 9 nitrogen and oxygen atoms in total. The van der Waals surface area contributed by atoms with E-state index in [1.54, 1.807) is 6.07 Å². The van der Waals surface area contributed by atoms with E-state index in [1.165, 1.54) is 29.7 Å². The van der Waals surface area contributed by atoms with Gasteiger partial charge in [-0.1, -0.05) is 26.8 Å². The number of carboxylic acid groups (broad SMARTS) is 1. The summed E-state index contributed by atoms with van der Waals surface area (Å²) in [6.45, 7) is 6.09. The molecular weight excluding hydrogens is 641 g/mol. The van der Waals surface area contributed by atoms with Gasteiger partial charge in [-0.2, -0.15) is 13.2 Å². The SMILES string of the molecule is CC(C)(C)c1nc(-c2cccc(NS(=O)(=O)c3ccc(F)cc3C(F)(F)F)c2F)c(-c2ccnc(NCCCCC(=O)O)n2)s1. The average Bonchev–Trinajstić information content (AvgIpc) is 3.39. The summed E-state index contributed by atoms with van der Waals surface area (Å²) in [6, 6.07) is 6.36. The molecule has 240 valence electrons. The highest BCUT2D eigenvalue weighted by molar-refractivity contribution is 7.92. The molecule has 0 fully saturated rings. The van der Waals surface area contributed by atoms with Gasteiger partial charge in [-0.25, -0.2) is 32.2 Å². The van der Waals surface area contributed by atoms with Crippen LogP contribution in [-0.2, 0) is 26.4 Å². The van der Waals surface area contributed by atoms with Gasteiger partial charge in [-0.05, 0) is 49.2 Å². The number of nitrogens with one attached hydrogen (secondary N) is 2. The van der Waals surface area contributed by atoms with Gasteiger partial charge in [0.15, 0.2) is 5.82 Å². The van der Waals surface area contributed by atoms with Crippen molar-refractivity contribution >= 4 is 39.0 Å². The number of benzene rings is 2. The van der Waals surface area contributed by atoms with Gasteiger partial charge in [0.2, 0.25) is 5.95 Å². The average molecular weight is 670 g/mol. The van der Waals surface area contributed by atoms with Crippen molar-refractivity contribution in [3.63, 3.8) is 0 Å². The highest BCUT2D eigenvalue weighted by Gasteiger charge is 2.38. The van der Waals surface area contributed by atoms with E-state index < -0.39 is 55.4 Å². The van der Waals surface area contributed by atoms with Crippen LogP contribution in [0.2, 0.25) is 0 Å². The molecule has 0 aliphatic heterocycles. The maximum absolute atomic E-state index is 16.0. The Hall–Kier alpha value is -4.18. The Balaban J connectivity index is 1.73. The molecule has 3 N–H and O–H groups in total. The molecule has 0 amide bonds. The summed E-state index contributed by atoms with van der Waals surface area (Å²) in [4.78, 5) is 23.2. The molecule has 0 bridgehead atoms. The van der Waals surface area contributed by atoms with Crippen molar-refractivity contribution in [3.8, 4) is 21.8 Å². The number of alkyl halides is 3. The second kappa shape index (κ2) is 13.0. The van der Waals surface area contributed by atoms with Gasteiger partial charge in [0, 0.05) is 30.1 Å². The molecule has 0 unspecified atom stereocenters. The summed E-state index contributed by atoms with van der Waals surface area (Å²) in [5.74, 6) is -3.05. The molecule has 0 saturated carbocycles. The van der Waals surface area contributed by atoms with Crippen LogP contribution in [0, 0.1) is 11.6 Å². The first-order valence-electron chi connectivity index (χ1n) is 13.5. The van der Waals surface area contributed by atoms with Gasteiger partial charge in [0.05, 0.1) is 37.4 Å². The lowest BCUT2D eigenvalue weighted by Crippen LogP contribution is -2.20. The van der Waals surface area contributed by atoms with Crippen molar-refractivity contribution < 1.29 is 40.3 Å². The molecule has 0 aliphatic rings. The van der Waals surface area contributed by atoms with E-state index in [9.17, 15) is 30.8 Å². The molecule has 16 heteroatoms. The number of carboxylic acids is 1. The van der Waals surface area contributed by atoms with Crippen LogP contribution in [0.4, 0.5) is 33.6 Å². The number of sulfonamides is 1. The third-order valence-electron chi connectivity index (χ3n) is 6.29. The molecular formula is C29H28F5N5O4S2. The van der Waals surface area contributed by atoms with Crippen LogP contribution in [0.15, 0.2) is 53.6 Å². The minimum atomic E-state index is -5.20. The standard InChI is InChI=1S/C29H28F5N5O4S2/c1-28(2,3)26-38-24(25(44-26)20-12-14-36-27(37-20)35-13-5-4-9-22(40)41)17-7-6-8-19(23(17)31)39-45(42,43)21-11-10-16(30)15-18(21)29(32,33)34/h6-8,10-12,14-15,39H,4-5,9,13H2,1-3H3,(H,40,41)(H,35,36,37). The molecule has 0 radical (unpaired) electrons. The number of hydrogen-bond donors (Lipinski definition) is 3. The topological polar surface area (TPSA) is 134 Å². The number of aliphatic carboxylic acids is 1. The summed E-state index contributed by atoms with van der Waals surface area (Å²) in [5.41, 5.74) is -2.53. The second-order valence-electron chi connectivity index (χ2n) is 10.9. The fourth-order valence-electron chi connectivity index (χ4n) is 4.12. The normalized spacial score (nSPS) is 12.3. The predicted molar refractivity (Wildman–Crippen MR) is 159 cm³/mol. The van der Waals surface area contributed by atoms with E-state index in [2.05, 4.69) is 20.3 Å². The lowest BCUT2D eigenvalue weighted by molar-refractivity contribution is -0.140. The zero-order valence-electron chi connectivity index (χ0n) is 24.2. The summed E-state index contributed by atoms with van der Waals surface area (Å²) in [5, 5.41) is 12.4. The smallest absolute Gasteiger partial charge is 0.417 e.